The molecule has 0 saturated heterocycles. The van der Waals surface area contributed by atoms with Gasteiger partial charge in [-0.1, -0.05) is 64.7 Å². The van der Waals surface area contributed by atoms with Gasteiger partial charge in [-0.2, -0.15) is 0 Å². The minimum Gasteiger partial charge on any atom is -1.00 e. The summed E-state index contributed by atoms with van der Waals surface area (Å²) in [6.45, 7) is 6.70. The summed E-state index contributed by atoms with van der Waals surface area (Å²) >= 11 is 0. The van der Waals surface area contributed by atoms with Crippen molar-refractivity contribution in [1.29, 1.82) is 0 Å². The smallest absolute Gasteiger partial charge is 0.172 e. The highest BCUT2D eigenvalue weighted by atomic mass is 127. The number of aromatic nitrogens is 2. The maximum absolute atomic E-state index is 2.38. The normalized spacial score (nSPS) is 10.6. The van der Waals surface area contributed by atoms with Gasteiger partial charge in [0, 0.05) is 28.2 Å². The molecule has 0 fully saturated rings. The Hall–Kier alpha value is -0.240. The van der Waals surface area contributed by atoms with Crippen molar-refractivity contribution in [3.8, 4) is 0 Å². The molecule has 0 saturated carbocycles. The van der Waals surface area contributed by atoms with Gasteiger partial charge in [-0.25, -0.2) is 9.13 Å². The molecule has 0 aliphatic heterocycles. The molecule has 30 heavy (non-hydrogen) atoms. The Bertz CT molecular complexity index is 639. The van der Waals surface area contributed by atoms with E-state index in [2.05, 4.69) is 80.9 Å². The topological polar surface area (TPSA) is 7.76 Å². The number of aryl methyl sites for hydroxylation is 4. The first-order chi connectivity index (χ1) is 13.5. The summed E-state index contributed by atoms with van der Waals surface area (Å²) in [5.74, 6) is 0.488. The van der Waals surface area contributed by atoms with Gasteiger partial charge in [-0.15, -0.1) is 0 Å². The molecule has 0 aliphatic rings. The summed E-state index contributed by atoms with van der Waals surface area (Å²) in [5.41, 5.74) is 5.59. The Morgan fingerprint density at radius 2 is 1.03 bits per heavy atom. The molecule has 4 heteroatoms. The SMILES string of the molecule is CCCCCCCCCCCC(c1cc(C)c[n+](C)c1)c1cc(C)c[n+](C)c1.[I-].[I-]. The fourth-order valence-corrected chi connectivity index (χ4v) is 4.43. The lowest BCUT2D eigenvalue weighted by molar-refractivity contribution is -0.672. The van der Waals surface area contributed by atoms with Crippen LogP contribution in [0.3, 0.4) is 0 Å². The van der Waals surface area contributed by atoms with Crippen molar-refractivity contribution in [2.45, 2.75) is 90.9 Å². The zero-order valence-corrected chi connectivity index (χ0v) is 24.1. The van der Waals surface area contributed by atoms with Gasteiger partial charge in [0.1, 0.15) is 14.1 Å². The standard InChI is InChI=1S/C26H42N2.2HI/c1-6-7-8-9-10-11-12-13-14-15-26(24-16-22(2)18-27(4)20-24)25-17-23(3)19-28(5)21-25;;/h16-21,26H,6-15H2,1-5H3;2*1H/q+2;;/p-2. The molecule has 0 N–H and O–H groups in total. The molecule has 0 spiro atoms. The van der Waals surface area contributed by atoms with Crippen molar-refractivity contribution in [2.75, 3.05) is 0 Å². The quantitative estimate of drug-likeness (QED) is 0.177. The zero-order chi connectivity index (χ0) is 20.4. The van der Waals surface area contributed by atoms with Crippen LogP contribution in [-0.4, -0.2) is 0 Å². The summed E-state index contributed by atoms with van der Waals surface area (Å²) in [6.07, 6.45) is 22.8. The molecule has 2 nitrogen and oxygen atoms in total. The van der Waals surface area contributed by atoms with Gasteiger partial charge in [0.15, 0.2) is 24.8 Å². The summed E-state index contributed by atoms with van der Waals surface area (Å²) in [5, 5.41) is 0. The van der Waals surface area contributed by atoms with Gasteiger partial charge >= 0.3 is 0 Å². The third-order valence-electron chi connectivity index (χ3n) is 5.71. The second-order valence-corrected chi connectivity index (χ2v) is 8.79. The van der Waals surface area contributed by atoms with Crippen molar-refractivity contribution in [3.05, 3.63) is 59.2 Å². The first kappa shape index (κ1) is 29.8. The van der Waals surface area contributed by atoms with Crippen LogP contribution in [0, 0.1) is 13.8 Å². The Morgan fingerprint density at radius 3 is 1.43 bits per heavy atom. The molecule has 0 radical (unpaired) electrons. The number of hydrogen-bond acceptors (Lipinski definition) is 0. The number of nitrogens with zero attached hydrogens (tertiary/aromatic N) is 2. The van der Waals surface area contributed by atoms with Gasteiger partial charge < -0.3 is 48.0 Å². The van der Waals surface area contributed by atoms with Gasteiger partial charge in [-0.05, 0) is 32.4 Å². The predicted molar refractivity (Wildman–Crippen MR) is 118 cm³/mol. The lowest BCUT2D eigenvalue weighted by Crippen LogP contribution is -3.00. The summed E-state index contributed by atoms with van der Waals surface area (Å²) < 4.78 is 4.42. The molecular weight excluding hydrogens is 594 g/mol. The van der Waals surface area contributed by atoms with Crippen molar-refractivity contribution >= 4 is 0 Å². The molecule has 2 heterocycles. The van der Waals surface area contributed by atoms with Crippen LogP contribution in [-0.2, 0) is 14.1 Å². The average Bonchev–Trinajstić information content (AvgIpc) is 2.61. The molecule has 2 rings (SSSR count). The van der Waals surface area contributed by atoms with E-state index in [1.165, 1.54) is 86.5 Å². The molecule has 2 aromatic heterocycles. The van der Waals surface area contributed by atoms with Crippen LogP contribution in [0.5, 0.6) is 0 Å². The summed E-state index contributed by atoms with van der Waals surface area (Å²) in [6, 6.07) is 4.75. The van der Waals surface area contributed by atoms with E-state index in [9.17, 15) is 0 Å². The molecule has 170 valence electrons. The van der Waals surface area contributed by atoms with Gasteiger partial charge in [-0.3, -0.25) is 0 Å². The molecule has 0 amide bonds. The van der Waals surface area contributed by atoms with E-state index >= 15 is 0 Å². The number of halogens is 2. The first-order valence-electron chi connectivity index (χ1n) is 11.4. The largest absolute Gasteiger partial charge is 1.00 e. The van der Waals surface area contributed by atoms with Gasteiger partial charge in [0.25, 0.3) is 0 Å². The van der Waals surface area contributed by atoms with Crippen LogP contribution in [0.4, 0.5) is 0 Å². The van der Waals surface area contributed by atoms with Crippen LogP contribution in [0.15, 0.2) is 36.9 Å². The van der Waals surface area contributed by atoms with E-state index in [0.29, 0.717) is 5.92 Å². The molecule has 0 bridgehead atoms. The van der Waals surface area contributed by atoms with E-state index in [0.717, 1.165) is 0 Å². The molecule has 2 aromatic rings. The minimum atomic E-state index is 0. The fraction of sp³-hybridized carbons (Fsp3) is 0.615. The number of pyridine rings is 2. The lowest BCUT2D eigenvalue weighted by Gasteiger charge is -2.17. The highest BCUT2D eigenvalue weighted by Crippen LogP contribution is 2.30. The second-order valence-electron chi connectivity index (χ2n) is 8.79. The number of rotatable bonds is 12. The minimum absolute atomic E-state index is 0. The Labute approximate surface area is 219 Å². The molecule has 0 aromatic carbocycles. The second kappa shape index (κ2) is 16.4. The molecular formula is C26H42I2N2. The van der Waals surface area contributed by atoms with Crippen molar-refractivity contribution < 1.29 is 57.1 Å². The summed E-state index contributed by atoms with van der Waals surface area (Å²) in [4.78, 5) is 0. The van der Waals surface area contributed by atoms with E-state index in [1.54, 1.807) is 0 Å². The van der Waals surface area contributed by atoms with E-state index in [-0.39, 0.29) is 48.0 Å². The Morgan fingerprint density at radius 1 is 0.633 bits per heavy atom. The van der Waals surface area contributed by atoms with Crippen molar-refractivity contribution in [2.24, 2.45) is 14.1 Å². The van der Waals surface area contributed by atoms with Crippen LogP contribution in [0.1, 0.15) is 99.3 Å². The van der Waals surface area contributed by atoms with Crippen LogP contribution in [0.25, 0.3) is 0 Å². The molecule has 0 atom stereocenters. The summed E-state index contributed by atoms with van der Waals surface area (Å²) in [7, 11) is 4.28. The van der Waals surface area contributed by atoms with E-state index in [1.807, 2.05) is 0 Å². The highest BCUT2D eigenvalue weighted by Gasteiger charge is 2.20. The first-order valence-corrected chi connectivity index (χ1v) is 11.4. The van der Waals surface area contributed by atoms with Crippen LogP contribution >= 0.6 is 0 Å². The van der Waals surface area contributed by atoms with Crippen molar-refractivity contribution in [1.82, 2.24) is 0 Å². The maximum Gasteiger partial charge on any atom is 0.172 e. The Balaban J connectivity index is 0.00000420. The lowest BCUT2D eigenvalue weighted by atomic mass is 9.87. The number of unbranched alkanes of at least 4 members (excludes halogenated alkanes) is 8. The fourth-order valence-electron chi connectivity index (χ4n) is 4.43. The predicted octanol–water partition coefficient (Wildman–Crippen LogP) is 0.0132. The van der Waals surface area contributed by atoms with Crippen LogP contribution in [0.2, 0.25) is 0 Å². The van der Waals surface area contributed by atoms with E-state index < -0.39 is 0 Å². The molecule has 0 aliphatic carbocycles. The third-order valence-corrected chi connectivity index (χ3v) is 5.71. The van der Waals surface area contributed by atoms with Gasteiger partial charge in [0.2, 0.25) is 0 Å². The van der Waals surface area contributed by atoms with Crippen LogP contribution < -0.4 is 57.1 Å². The third kappa shape index (κ3) is 10.9. The van der Waals surface area contributed by atoms with Crippen molar-refractivity contribution in [3.63, 3.8) is 0 Å². The number of hydrogen-bond donors (Lipinski definition) is 0. The van der Waals surface area contributed by atoms with Gasteiger partial charge in [0.05, 0.1) is 0 Å². The average molecular weight is 636 g/mol. The Kier molecular flexibility index (Phi) is 16.3. The zero-order valence-electron chi connectivity index (χ0n) is 19.8. The highest BCUT2D eigenvalue weighted by molar-refractivity contribution is 5.30. The van der Waals surface area contributed by atoms with E-state index in [4.69, 9.17) is 0 Å². The molecule has 0 unspecified atom stereocenters. The monoisotopic (exact) mass is 636 g/mol. The maximum atomic E-state index is 2.38.